The molecule has 0 unspecified atom stereocenters. The van der Waals surface area contributed by atoms with Crippen molar-refractivity contribution < 1.29 is 63.8 Å². The Labute approximate surface area is 783 Å². The van der Waals surface area contributed by atoms with Crippen LogP contribution >= 0.6 is 45.3 Å². The van der Waals surface area contributed by atoms with Crippen LogP contribution in [-0.4, -0.2) is 191 Å². The molecule has 12 aromatic rings. The Morgan fingerprint density at radius 2 is 0.642 bits per heavy atom. The monoisotopic (exact) mass is 1920 g/mol. The lowest BCUT2D eigenvalue weighted by atomic mass is 9.91. The summed E-state index contributed by atoms with van der Waals surface area (Å²) in [5.74, 6) is -0.208. The molecule has 134 heavy (non-hydrogen) atoms. The molecule has 0 radical (unpaired) electrons. The lowest BCUT2D eigenvalue weighted by Crippen LogP contribution is -2.43. The fraction of sp³-hybridized carbons (Fsp3) is 0.447. The van der Waals surface area contributed by atoms with Crippen molar-refractivity contribution in [2.24, 2.45) is 47.0 Å². The number of anilines is 8. The van der Waals surface area contributed by atoms with E-state index < -0.39 is 61.5 Å². The van der Waals surface area contributed by atoms with Gasteiger partial charge >= 0.3 is 0 Å². The van der Waals surface area contributed by atoms with Crippen molar-refractivity contribution in [2.45, 2.75) is 168 Å². The zero-order valence-corrected chi connectivity index (χ0v) is 77.8. The molecular formula is C94H106F8N22O6S4. The van der Waals surface area contributed by atoms with Gasteiger partial charge < -0.3 is 84.7 Å². The molecule has 6 aliphatic heterocycles. The van der Waals surface area contributed by atoms with E-state index in [2.05, 4.69) is 51.2 Å². The van der Waals surface area contributed by atoms with Crippen LogP contribution in [0.2, 0.25) is 0 Å². The van der Waals surface area contributed by atoms with Crippen LogP contribution in [0.15, 0.2) is 97.1 Å². The number of pyridine rings is 8. The van der Waals surface area contributed by atoms with Gasteiger partial charge in [-0.15, -0.1) is 45.3 Å². The highest BCUT2D eigenvalue weighted by Gasteiger charge is 2.43. The molecule has 0 spiro atoms. The molecular weight excluding hydrogens is 1810 g/mol. The smallest absolute Gasteiger partial charge is 0.263 e. The van der Waals surface area contributed by atoms with Crippen molar-refractivity contribution >= 4 is 156 Å². The molecule has 4 fully saturated rings. The molecule has 28 nitrogen and oxygen atoms in total. The van der Waals surface area contributed by atoms with E-state index in [0.717, 1.165) is 147 Å². The van der Waals surface area contributed by atoms with Crippen LogP contribution in [0, 0.1) is 63.2 Å². The summed E-state index contributed by atoms with van der Waals surface area (Å²) in [6.07, 6.45) is -2.55. The van der Waals surface area contributed by atoms with E-state index in [9.17, 15) is 54.3 Å². The van der Waals surface area contributed by atoms with Gasteiger partial charge in [-0.05, 0) is 174 Å². The molecule has 0 bridgehead atoms. The molecule has 12 aromatic heterocycles. The molecule has 708 valence electrons. The number of rotatable bonds is 18. The lowest BCUT2D eigenvalue weighted by Gasteiger charge is -2.27. The van der Waals surface area contributed by atoms with Gasteiger partial charge in [-0.1, -0.05) is 38.8 Å². The van der Waals surface area contributed by atoms with E-state index in [1.165, 1.54) is 45.3 Å². The first-order chi connectivity index (χ1) is 64.3. The van der Waals surface area contributed by atoms with Crippen molar-refractivity contribution in [1.82, 2.24) is 61.1 Å². The zero-order valence-electron chi connectivity index (χ0n) is 74.6. The fourth-order valence-electron chi connectivity index (χ4n) is 19.1. The largest absolute Gasteiger partial charge is 0.475 e. The molecule has 16 N–H and O–H groups in total. The van der Waals surface area contributed by atoms with E-state index in [-0.39, 0.29) is 85.9 Å². The van der Waals surface area contributed by atoms with Gasteiger partial charge in [0.05, 0.1) is 46.7 Å². The number of carbonyl (C=O) groups is 4. The molecule has 12 atom stereocenters. The number of nitrogens with two attached hydrogens (primary N) is 6. The Hall–Kier alpha value is -11.7. The number of ether oxygens (including phenoxy) is 2. The molecule has 2 aliphatic carbocycles. The number of carbonyl (C=O) groups excluding carboxylic acids is 4. The number of alkyl halides is 8. The minimum absolute atomic E-state index is 0.00197. The molecule has 4 amide bonds. The van der Waals surface area contributed by atoms with E-state index in [1.54, 1.807) is 21.9 Å². The molecule has 40 heteroatoms. The summed E-state index contributed by atoms with van der Waals surface area (Å²) >= 11 is 5.18. The van der Waals surface area contributed by atoms with Gasteiger partial charge in [0.1, 0.15) is 75.3 Å². The third-order valence-electron chi connectivity index (χ3n) is 26.7. The van der Waals surface area contributed by atoms with Crippen LogP contribution in [0.25, 0.3) is 40.9 Å². The Morgan fingerprint density at radius 1 is 0.366 bits per heavy atom. The predicted molar refractivity (Wildman–Crippen MR) is 510 cm³/mol. The number of nitrogens with one attached hydrogen (secondary N) is 4. The highest BCUT2D eigenvalue weighted by Crippen LogP contribution is 2.43. The van der Waals surface area contributed by atoms with Gasteiger partial charge in [-0.3, -0.25) is 19.2 Å². The summed E-state index contributed by atoms with van der Waals surface area (Å²) in [6, 6.07) is 28.6. The third-order valence-corrected chi connectivity index (χ3v) is 31.1. The molecule has 8 aliphatic rings. The summed E-state index contributed by atoms with van der Waals surface area (Å²) in [7, 11) is 0. The highest BCUT2D eigenvalue weighted by molar-refractivity contribution is 7.22. The van der Waals surface area contributed by atoms with Crippen molar-refractivity contribution in [3.05, 3.63) is 173 Å². The average molecular weight is 1920 g/mol. The minimum atomic E-state index is -2.46. The van der Waals surface area contributed by atoms with Crippen molar-refractivity contribution in [1.29, 1.82) is 0 Å². The van der Waals surface area contributed by atoms with E-state index in [1.807, 2.05) is 136 Å². The molecule has 0 saturated carbocycles. The Balaban J connectivity index is 0.000000124. The second-order valence-electron chi connectivity index (χ2n) is 35.9. The number of halogens is 8. The summed E-state index contributed by atoms with van der Waals surface area (Å²) < 4.78 is 118. The normalized spacial score (nSPS) is 22.4. The Morgan fingerprint density at radius 3 is 0.933 bits per heavy atom. The maximum Gasteiger partial charge on any atom is 0.263 e. The maximum absolute atomic E-state index is 13.4. The Kier molecular flexibility index (Phi) is 27.9. The van der Waals surface area contributed by atoms with Gasteiger partial charge in [0.15, 0.2) is 0 Å². The summed E-state index contributed by atoms with van der Waals surface area (Å²) in [5, 5.41) is 15.4. The van der Waals surface area contributed by atoms with Crippen LogP contribution in [0.5, 0.6) is 11.8 Å². The third kappa shape index (κ3) is 20.0. The number of fused-ring (bicyclic) bond motifs is 8. The first-order valence-corrected chi connectivity index (χ1v) is 48.3. The van der Waals surface area contributed by atoms with E-state index >= 15 is 0 Å². The van der Waals surface area contributed by atoms with Gasteiger partial charge in [0, 0.05) is 168 Å². The maximum atomic E-state index is 13.4. The van der Waals surface area contributed by atoms with Crippen LogP contribution in [0.3, 0.4) is 0 Å². The van der Waals surface area contributed by atoms with Gasteiger partial charge in [-0.2, -0.15) is 9.97 Å². The number of hydrogen-bond acceptors (Lipinski definition) is 28. The van der Waals surface area contributed by atoms with Crippen molar-refractivity contribution in [2.75, 3.05) is 108 Å². The van der Waals surface area contributed by atoms with Crippen LogP contribution in [0.1, 0.15) is 135 Å². The number of hydrogen-bond donors (Lipinski definition) is 10. The van der Waals surface area contributed by atoms with E-state index in [0.29, 0.717) is 131 Å². The number of aromatic nitrogens is 8. The lowest BCUT2D eigenvalue weighted by molar-refractivity contribution is 0.0636. The van der Waals surface area contributed by atoms with Crippen molar-refractivity contribution in [3.8, 4) is 11.8 Å². The number of nitrogen functional groups attached to an aromatic ring is 4. The number of aryl methyl sites for hydroxylation is 6. The second kappa shape index (κ2) is 39.7. The minimum Gasteiger partial charge on any atom is -0.475 e. The standard InChI is InChI=1S/2C25H29F2N5OS.2C22H24F2N6O2S/c2*1-3-14-11-32(12-18(14)23(26)27)20-9-5-15-10-16(6-8-19(15)31-20)30-24(33)22-21(28)17-7-4-13(2)29-25(17)34-22;2*1-10-2-4-13-17(26)18(33-22(13)27-10)20(31)28-12-6-11-3-5-16(29-21(11)32-9-12)30-7-14(19(23)24)15(25)8-30/h2*4-5,7,9,14,16,18,23H,3,6,8,10-12,28H2,1-2H3,(H,30,33);2*2-5,12,14-15,19H,6-9,25-26H2,1H3,(H,28,31)/t14-,16+,18-;14-,16-,18-;12-,14+,15+;12-,14-,15-/m1011/s1. The van der Waals surface area contributed by atoms with Crippen LogP contribution in [-0.2, 0) is 38.5 Å². The summed E-state index contributed by atoms with van der Waals surface area (Å²) in [4.78, 5) is 101. The fourth-order valence-corrected chi connectivity index (χ4v) is 23.2. The molecule has 20 rings (SSSR count). The summed E-state index contributed by atoms with van der Waals surface area (Å²) in [5.41, 5.74) is 47.8. The molecule has 0 aromatic carbocycles. The SMILES string of the molecule is CC[C@@H]1CN(c2ccc3c(n2)CC[C@H](NC(=O)c2sc4nc(C)ccc4c2N)C3)C[C@H]1C(F)F.CC[C@H]1CN(c2ccc3c(n2)CC[C@H](NC(=O)c2sc4nc(C)ccc4c2N)C3)C[C@@H]1C(F)F.Cc1ccc2c(N)c(C(=O)N[C@H]3COc4nc(N5C[C@@H](N)[C@H](C(F)F)C5)ccc4C3)sc2n1.Cc1ccc2c(N)c(C(=O)N[C@H]3COc4nc(N5C[C@H](C(F)F)[C@@H](N)C5)ccc4C3)sc2n1. The second-order valence-corrected chi connectivity index (χ2v) is 39.9. The quantitative estimate of drug-likeness (QED) is 0.0357. The average Bonchev–Trinajstić information content (AvgIpc) is 1.73. The van der Waals surface area contributed by atoms with Gasteiger partial charge in [0.2, 0.25) is 37.5 Å². The first-order valence-electron chi connectivity index (χ1n) is 45.0. The highest BCUT2D eigenvalue weighted by atomic mass is 32.1. The van der Waals surface area contributed by atoms with E-state index in [4.69, 9.17) is 53.8 Å². The van der Waals surface area contributed by atoms with Gasteiger partial charge in [0.25, 0.3) is 23.6 Å². The topological polar surface area (TPSA) is 407 Å². The number of thiophene rings is 4. The number of amides is 4. The summed E-state index contributed by atoms with van der Waals surface area (Å²) in [6.45, 7) is 15.0. The molecule has 18 heterocycles. The first kappa shape index (κ1) is 94.1. The predicted octanol–water partition coefficient (Wildman–Crippen LogP) is 13.9. The van der Waals surface area contributed by atoms with Crippen LogP contribution in [0.4, 0.5) is 81.1 Å². The van der Waals surface area contributed by atoms with Crippen molar-refractivity contribution in [3.63, 3.8) is 0 Å². The zero-order chi connectivity index (χ0) is 94.5. The van der Waals surface area contributed by atoms with Gasteiger partial charge in [-0.25, -0.2) is 65.0 Å². The molecule has 4 saturated heterocycles. The Bertz CT molecular complexity index is 6030. The number of nitrogens with zero attached hydrogens (tertiary/aromatic N) is 12. The van der Waals surface area contributed by atoms with Crippen LogP contribution < -0.4 is 84.7 Å².